The van der Waals surface area contributed by atoms with Crippen LogP contribution in [0.2, 0.25) is 0 Å². The van der Waals surface area contributed by atoms with Crippen LogP contribution in [0.15, 0.2) is 0 Å². The number of fused-ring (bicyclic) bond motifs is 3. The van der Waals surface area contributed by atoms with Gasteiger partial charge in [0.05, 0.1) is 32.3 Å². The molecule has 0 spiro atoms. The number of aromatic nitrogens is 2. The van der Waals surface area contributed by atoms with Crippen molar-refractivity contribution in [3.63, 3.8) is 0 Å². The summed E-state index contributed by atoms with van der Waals surface area (Å²) in [6.45, 7) is 4.24. The van der Waals surface area contributed by atoms with Crippen LogP contribution in [-0.2, 0) is 29.0 Å². The zero-order valence-corrected chi connectivity index (χ0v) is 14.5. The Balaban J connectivity index is 1.74. The van der Waals surface area contributed by atoms with Gasteiger partial charge in [0, 0.05) is 25.0 Å². The second kappa shape index (κ2) is 6.32. The van der Waals surface area contributed by atoms with E-state index in [1.165, 1.54) is 28.7 Å². The Hall–Kier alpha value is -1.28. The second-order valence-electron chi connectivity index (χ2n) is 6.07. The molecule has 124 valence electrons. The molecule has 1 aliphatic heterocycles. The summed E-state index contributed by atoms with van der Waals surface area (Å²) in [5, 5.41) is 2.95. The van der Waals surface area contributed by atoms with Crippen molar-refractivity contribution in [3.8, 4) is 0 Å². The highest BCUT2D eigenvalue weighted by molar-refractivity contribution is 7.19. The molecule has 4 rings (SSSR count). The van der Waals surface area contributed by atoms with Crippen LogP contribution < -0.4 is 5.06 Å². The number of aryl methyl sites for hydroxylation is 2. The summed E-state index contributed by atoms with van der Waals surface area (Å²) >= 11 is 1.83. The molecule has 0 radical (unpaired) electrons. The predicted molar refractivity (Wildman–Crippen MR) is 90.9 cm³/mol. The van der Waals surface area contributed by atoms with Gasteiger partial charge in [-0.3, -0.25) is 9.74 Å². The van der Waals surface area contributed by atoms with Gasteiger partial charge < -0.3 is 4.74 Å². The Kier molecular flexibility index (Phi) is 4.19. The Morgan fingerprint density at radius 1 is 1.26 bits per heavy atom. The summed E-state index contributed by atoms with van der Waals surface area (Å²) in [4.78, 5) is 20.0. The minimum absolute atomic E-state index is 0.770. The molecule has 2 aromatic rings. The van der Waals surface area contributed by atoms with E-state index in [0.717, 1.165) is 55.7 Å². The lowest BCUT2D eigenvalue weighted by Crippen LogP contribution is -2.36. The van der Waals surface area contributed by atoms with E-state index in [4.69, 9.17) is 19.5 Å². The minimum Gasteiger partial charge on any atom is -0.379 e. The third kappa shape index (κ3) is 2.82. The first-order valence-corrected chi connectivity index (χ1v) is 8.97. The zero-order chi connectivity index (χ0) is 15.8. The molecule has 1 fully saturated rings. The van der Waals surface area contributed by atoms with Crippen molar-refractivity contribution < 1.29 is 9.57 Å². The quantitative estimate of drug-likeness (QED) is 0.797. The summed E-state index contributed by atoms with van der Waals surface area (Å²) in [7, 11) is 3.60. The molecule has 1 saturated heterocycles. The first-order chi connectivity index (χ1) is 11.3. The lowest BCUT2D eigenvalue weighted by atomic mass is 10.2. The van der Waals surface area contributed by atoms with Gasteiger partial charge in [0.25, 0.3) is 0 Å². The Morgan fingerprint density at radius 2 is 2.09 bits per heavy atom. The van der Waals surface area contributed by atoms with Gasteiger partial charge in [-0.25, -0.2) is 15.0 Å². The van der Waals surface area contributed by atoms with Gasteiger partial charge in [0.2, 0.25) is 0 Å². The van der Waals surface area contributed by atoms with E-state index in [9.17, 15) is 0 Å². The van der Waals surface area contributed by atoms with E-state index in [1.807, 2.05) is 18.4 Å². The van der Waals surface area contributed by atoms with Crippen LogP contribution in [0.5, 0.6) is 0 Å². The highest BCUT2D eigenvalue weighted by Crippen LogP contribution is 2.40. The normalized spacial score (nSPS) is 18.5. The molecule has 7 heteroatoms. The van der Waals surface area contributed by atoms with Crippen LogP contribution in [0.1, 0.15) is 22.7 Å². The summed E-state index contributed by atoms with van der Waals surface area (Å²) in [5.41, 5.74) is 1.43. The third-order valence-electron chi connectivity index (χ3n) is 4.63. The number of anilines is 1. The van der Waals surface area contributed by atoms with Gasteiger partial charge in [-0.2, -0.15) is 0 Å². The number of thiophene rings is 1. The molecular weight excluding hydrogens is 312 g/mol. The molecule has 0 atom stereocenters. The van der Waals surface area contributed by atoms with Crippen LogP contribution in [0.4, 0.5) is 5.82 Å². The van der Waals surface area contributed by atoms with Gasteiger partial charge in [0.1, 0.15) is 10.7 Å². The van der Waals surface area contributed by atoms with E-state index < -0.39 is 0 Å². The van der Waals surface area contributed by atoms with Crippen molar-refractivity contribution in [2.75, 3.05) is 45.5 Å². The summed E-state index contributed by atoms with van der Waals surface area (Å²) in [5.74, 6) is 1.78. The van der Waals surface area contributed by atoms with Crippen LogP contribution in [0.3, 0.4) is 0 Å². The van der Waals surface area contributed by atoms with E-state index in [0.29, 0.717) is 0 Å². The number of hydroxylamine groups is 1. The third-order valence-corrected chi connectivity index (χ3v) is 5.82. The van der Waals surface area contributed by atoms with Crippen molar-refractivity contribution in [1.29, 1.82) is 0 Å². The smallest absolute Gasteiger partial charge is 0.164 e. The van der Waals surface area contributed by atoms with E-state index >= 15 is 0 Å². The van der Waals surface area contributed by atoms with E-state index in [1.54, 1.807) is 12.2 Å². The van der Waals surface area contributed by atoms with Gasteiger partial charge in [0.15, 0.2) is 5.82 Å². The standard InChI is InChI=1S/C16H22N4O2S/c1-19(21-2)15-14-11-4-3-5-12(11)23-16(14)18-13(17-15)10-20-6-8-22-9-7-20/h3-10H2,1-2H3. The number of nitrogens with zero attached hydrogens (tertiary/aromatic N) is 4. The fourth-order valence-electron chi connectivity index (χ4n) is 3.36. The van der Waals surface area contributed by atoms with Crippen LogP contribution in [-0.4, -0.2) is 55.3 Å². The number of morpholine rings is 1. The zero-order valence-electron chi connectivity index (χ0n) is 13.7. The summed E-state index contributed by atoms with van der Waals surface area (Å²) in [6, 6.07) is 0. The van der Waals surface area contributed by atoms with Crippen molar-refractivity contribution in [1.82, 2.24) is 14.9 Å². The number of rotatable bonds is 4. The predicted octanol–water partition coefficient (Wildman–Crippen LogP) is 2.01. The van der Waals surface area contributed by atoms with Gasteiger partial charge in [-0.05, 0) is 24.8 Å². The van der Waals surface area contributed by atoms with Crippen LogP contribution >= 0.6 is 11.3 Å². The lowest BCUT2D eigenvalue weighted by molar-refractivity contribution is 0.0331. The molecule has 0 amide bonds. The fourth-order valence-corrected chi connectivity index (χ4v) is 4.64. The van der Waals surface area contributed by atoms with Crippen molar-refractivity contribution in [2.45, 2.75) is 25.8 Å². The van der Waals surface area contributed by atoms with Gasteiger partial charge >= 0.3 is 0 Å². The van der Waals surface area contributed by atoms with Gasteiger partial charge in [-0.15, -0.1) is 11.3 Å². The maximum absolute atomic E-state index is 5.43. The molecule has 0 bridgehead atoms. The second-order valence-corrected chi connectivity index (χ2v) is 7.15. The van der Waals surface area contributed by atoms with E-state index in [2.05, 4.69) is 4.90 Å². The average molecular weight is 334 g/mol. The SMILES string of the molecule is CON(C)c1nc(CN2CCOCC2)nc2sc3c(c12)CCC3. The van der Waals surface area contributed by atoms with Crippen molar-refractivity contribution in [2.24, 2.45) is 0 Å². The van der Waals surface area contributed by atoms with Gasteiger partial charge in [-0.1, -0.05) is 0 Å². The van der Waals surface area contributed by atoms with Crippen molar-refractivity contribution >= 4 is 27.4 Å². The number of ether oxygens (including phenoxy) is 1. The molecule has 0 unspecified atom stereocenters. The molecular formula is C16H22N4O2S. The molecule has 0 aromatic carbocycles. The molecule has 2 aliphatic rings. The highest BCUT2D eigenvalue weighted by atomic mass is 32.1. The first kappa shape index (κ1) is 15.3. The largest absolute Gasteiger partial charge is 0.379 e. The van der Waals surface area contributed by atoms with Crippen LogP contribution in [0, 0.1) is 0 Å². The lowest BCUT2D eigenvalue weighted by Gasteiger charge is -2.26. The molecule has 0 saturated carbocycles. The molecule has 3 heterocycles. The van der Waals surface area contributed by atoms with E-state index in [-0.39, 0.29) is 0 Å². The maximum atomic E-state index is 5.43. The topological polar surface area (TPSA) is 50.7 Å². The molecule has 2 aromatic heterocycles. The highest BCUT2D eigenvalue weighted by Gasteiger charge is 2.24. The number of hydrogen-bond donors (Lipinski definition) is 0. The summed E-state index contributed by atoms with van der Waals surface area (Å²) < 4.78 is 5.42. The Bertz CT molecular complexity index is 712. The summed E-state index contributed by atoms with van der Waals surface area (Å²) in [6.07, 6.45) is 3.54. The van der Waals surface area contributed by atoms with Crippen molar-refractivity contribution in [3.05, 3.63) is 16.3 Å². The van der Waals surface area contributed by atoms with Crippen LogP contribution in [0.25, 0.3) is 10.2 Å². The average Bonchev–Trinajstić information content (AvgIpc) is 3.15. The fraction of sp³-hybridized carbons (Fsp3) is 0.625. The first-order valence-electron chi connectivity index (χ1n) is 8.15. The molecule has 6 nitrogen and oxygen atoms in total. The Morgan fingerprint density at radius 3 is 2.87 bits per heavy atom. The minimum atomic E-state index is 0.770. The number of hydrogen-bond acceptors (Lipinski definition) is 7. The Labute approximate surface area is 140 Å². The molecule has 23 heavy (non-hydrogen) atoms. The maximum Gasteiger partial charge on any atom is 0.164 e. The molecule has 1 aliphatic carbocycles. The molecule has 0 N–H and O–H groups in total. The monoisotopic (exact) mass is 334 g/mol.